The molecule has 392 valence electrons. The zero-order valence-electron chi connectivity index (χ0n) is 42.6. The maximum atomic E-state index is 13.2. The Bertz CT molecular complexity index is 1640. The molecule has 1 amide bonds. The van der Waals surface area contributed by atoms with Gasteiger partial charge in [-0.1, -0.05) is 79.4 Å². The van der Waals surface area contributed by atoms with Crippen molar-refractivity contribution in [3.05, 3.63) is 11.6 Å². The average Bonchev–Trinajstić information content (AvgIpc) is 3.68. The number of nitrogens with one attached hydrogen (secondary N) is 1. The molecule has 68 heavy (non-hydrogen) atoms. The van der Waals surface area contributed by atoms with Crippen LogP contribution < -0.4 is 5.32 Å². The van der Waals surface area contributed by atoms with Crippen LogP contribution in [0.2, 0.25) is 0 Å². The second-order valence-electron chi connectivity index (χ2n) is 23.5. The van der Waals surface area contributed by atoms with Gasteiger partial charge in [0.1, 0.15) is 48.8 Å². The summed E-state index contributed by atoms with van der Waals surface area (Å²) in [6, 6.07) is 0. The number of hydrogen-bond donors (Lipinski definition) is 7. The summed E-state index contributed by atoms with van der Waals surface area (Å²) in [6.07, 6.45) is 1.91. The van der Waals surface area contributed by atoms with E-state index in [1.165, 1.54) is 57.4 Å². The highest BCUT2D eigenvalue weighted by Gasteiger charge is 2.59. The molecule has 0 aromatic carbocycles. The number of ether oxygens (including phenoxy) is 7. The number of hydrogen-bond acceptors (Lipinski definition) is 14. The predicted octanol–water partition coefficient (Wildman–Crippen LogP) is 6.37. The van der Waals surface area contributed by atoms with Gasteiger partial charge in [0.25, 0.3) is 0 Å². The second-order valence-corrected chi connectivity index (χ2v) is 23.5. The lowest BCUT2D eigenvalue weighted by molar-refractivity contribution is -0.377. The fraction of sp³-hybridized carbons (Fsp3) is 0.943. The van der Waals surface area contributed by atoms with Gasteiger partial charge in [-0.05, 0) is 129 Å². The Morgan fingerprint density at radius 3 is 2.37 bits per heavy atom. The molecule has 3 saturated carbocycles. The van der Waals surface area contributed by atoms with Gasteiger partial charge < -0.3 is 69.1 Å². The van der Waals surface area contributed by atoms with E-state index in [1.54, 1.807) is 0 Å². The van der Waals surface area contributed by atoms with Crippen LogP contribution in [0.25, 0.3) is 0 Å². The highest BCUT2D eigenvalue weighted by Crippen LogP contribution is 2.67. The van der Waals surface area contributed by atoms with Crippen molar-refractivity contribution in [3.63, 3.8) is 0 Å². The van der Waals surface area contributed by atoms with E-state index in [0.29, 0.717) is 37.2 Å². The molecule has 7 aliphatic rings. The van der Waals surface area contributed by atoms with Crippen molar-refractivity contribution in [2.75, 3.05) is 26.4 Å². The van der Waals surface area contributed by atoms with Crippen molar-refractivity contribution in [1.29, 1.82) is 0 Å². The minimum Gasteiger partial charge on any atom is -0.446 e. The first-order valence-electron chi connectivity index (χ1n) is 26.8. The summed E-state index contributed by atoms with van der Waals surface area (Å²) in [7, 11) is 0. The number of carbonyl (C=O) groups is 1. The normalized spacial score (nSPS) is 46.0. The van der Waals surface area contributed by atoms with Gasteiger partial charge in [-0.15, -0.1) is 0 Å². The number of aliphatic hydroxyl groups excluding tert-OH is 6. The van der Waals surface area contributed by atoms with Crippen LogP contribution in [0.15, 0.2) is 11.6 Å². The van der Waals surface area contributed by atoms with Gasteiger partial charge in [0.15, 0.2) is 18.9 Å². The van der Waals surface area contributed by atoms with Gasteiger partial charge >= 0.3 is 6.09 Å². The molecular weight excluding hydrogens is 875 g/mol. The lowest BCUT2D eigenvalue weighted by Gasteiger charge is -2.58. The van der Waals surface area contributed by atoms with Crippen LogP contribution in [-0.2, 0) is 33.2 Å². The zero-order chi connectivity index (χ0) is 49.1. The van der Waals surface area contributed by atoms with Crippen molar-refractivity contribution in [1.82, 2.24) is 5.32 Å². The molecule has 6 fully saturated rings. The number of allylic oxidation sites excluding steroid dienone is 1. The van der Waals surface area contributed by atoms with Crippen molar-refractivity contribution >= 4 is 6.09 Å². The number of aliphatic hydroxyl groups is 6. The highest BCUT2D eigenvalue weighted by atomic mass is 16.8. The minimum atomic E-state index is -1.67. The number of fused-ring (bicyclic) bond motifs is 5. The van der Waals surface area contributed by atoms with Crippen LogP contribution in [0.1, 0.15) is 152 Å². The van der Waals surface area contributed by atoms with E-state index in [-0.39, 0.29) is 36.5 Å². The molecule has 7 N–H and O–H groups in total. The third-order valence-electron chi connectivity index (χ3n) is 18.3. The zero-order valence-corrected chi connectivity index (χ0v) is 42.6. The summed E-state index contributed by atoms with van der Waals surface area (Å²) in [5, 5.41) is 67.5. The minimum absolute atomic E-state index is 0.0498. The maximum absolute atomic E-state index is 13.2. The summed E-state index contributed by atoms with van der Waals surface area (Å²) in [6.45, 7) is 18.0. The van der Waals surface area contributed by atoms with E-state index < -0.39 is 86.5 Å². The number of alkyl carbamates (subject to hydrolysis) is 1. The molecular formula is C53H91NO14. The molecule has 22 atom stereocenters. The second kappa shape index (κ2) is 23.6. The van der Waals surface area contributed by atoms with E-state index >= 15 is 0 Å². The third kappa shape index (κ3) is 12.1. The first-order valence-corrected chi connectivity index (χ1v) is 26.8. The molecule has 15 nitrogen and oxygen atoms in total. The molecule has 7 rings (SSSR count). The van der Waals surface area contributed by atoms with Crippen LogP contribution in [0.4, 0.5) is 4.79 Å². The van der Waals surface area contributed by atoms with Crippen LogP contribution in [0.3, 0.4) is 0 Å². The largest absolute Gasteiger partial charge is 0.446 e. The molecule has 0 aromatic heterocycles. The molecule has 3 aliphatic heterocycles. The van der Waals surface area contributed by atoms with E-state index in [4.69, 9.17) is 33.2 Å². The third-order valence-corrected chi connectivity index (χ3v) is 18.3. The predicted molar refractivity (Wildman–Crippen MR) is 254 cm³/mol. The lowest BCUT2D eigenvalue weighted by Crippen LogP contribution is -2.65. The summed E-state index contributed by atoms with van der Waals surface area (Å²) < 4.78 is 42.9. The Kier molecular flexibility index (Phi) is 18.8. The number of rotatable bonds is 16. The van der Waals surface area contributed by atoms with E-state index in [9.17, 15) is 35.4 Å². The molecule has 0 bridgehead atoms. The SMILES string of the molecule is CC(C)CCC[C@@H](C)[C@H]1CC[C@H]2[C@@H]3CC=C4C[C@@H](OC(=O)NCCCO[C@@H]5O[C@H](CO)[C@H](O)C(O[C@@H]6CCC(O)[C@@H](C)CC(C)CO6)C5O[C@@H]5OC(C)[C@@H](O)C(O)C5O)CC[C@]4(C)[C@H]3CC[C@]12C. The topological polar surface area (TPSA) is 215 Å². The molecule has 15 heteroatoms. The quantitative estimate of drug-likeness (QED) is 0.0662. The van der Waals surface area contributed by atoms with Crippen molar-refractivity contribution < 1.29 is 68.6 Å². The highest BCUT2D eigenvalue weighted by molar-refractivity contribution is 5.67. The Morgan fingerprint density at radius 2 is 1.62 bits per heavy atom. The fourth-order valence-corrected chi connectivity index (χ4v) is 14.3. The Morgan fingerprint density at radius 1 is 0.838 bits per heavy atom. The number of amides is 1. The molecule has 0 spiro atoms. The first kappa shape index (κ1) is 54.3. The van der Waals surface area contributed by atoms with Gasteiger partial charge in [-0.3, -0.25) is 0 Å². The van der Waals surface area contributed by atoms with Crippen molar-refractivity contribution in [3.8, 4) is 0 Å². The first-order chi connectivity index (χ1) is 32.3. The van der Waals surface area contributed by atoms with Crippen LogP contribution in [0.5, 0.6) is 0 Å². The van der Waals surface area contributed by atoms with Crippen LogP contribution in [-0.4, -0.2) is 143 Å². The van der Waals surface area contributed by atoms with E-state index in [2.05, 4.69) is 46.0 Å². The summed E-state index contributed by atoms with van der Waals surface area (Å²) >= 11 is 0. The Labute approximate surface area is 406 Å². The van der Waals surface area contributed by atoms with Crippen LogP contribution >= 0.6 is 0 Å². The monoisotopic (exact) mass is 966 g/mol. The smallest absolute Gasteiger partial charge is 0.407 e. The van der Waals surface area contributed by atoms with Gasteiger partial charge in [-0.2, -0.15) is 0 Å². The Hall–Kier alpha value is -1.47. The van der Waals surface area contributed by atoms with Gasteiger partial charge in [0, 0.05) is 19.4 Å². The van der Waals surface area contributed by atoms with Gasteiger partial charge in [0.05, 0.1) is 32.0 Å². The maximum Gasteiger partial charge on any atom is 0.407 e. The van der Waals surface area contributed by atoms with Crippen molar-refractivity contribution in [2.24, 2.45) is 58.2 Å². The molecule has 4 aliphatic carbocycles. The van der Waals surface area contributed by atoms with Gasteiger partial charge in [0.2, 0.25) is 0 Å². The molecule has 0 radical (unpaired) electrons. The molecule has 3 heterocycles. The molecule has 7 unspecified atom stereocenters. The number of carbonyl (C=O) groups excluding carboxylic acids is 1. The Balaban J connectivity index is 0.926. The molecule has 3 saturated heterocycles. The summed E-state index contributed by atoms with van der Waals surface area (Å²) in [5.41, 5.74) is 2.07. The summed E-state index contributed by atoms with van der Waals surface area (Å²) in [4.78, 5) is 13.2. The molecule has 0 aromatic rings. The average molecular weight is 966 g/mol. The lowest BCUT2D eigenvalue weighted by atomic mass is 9.47. The summed E-state index contributed by atoms with van der Waals surface area (Å²) in [5.74, 6) is 4.79. The van der Waals surface area contributed by atoms with E-state index in [1.807, 2.05) is 13.8 Å². The van der Waals surface area contributed by atoms with Gasteiger partial charge in [-0.25, -0.2) is 4.79 Å². The van der Waals surface area contributed by atoms with Crippen LogP contribution in [0, 0.1) is 58.2 Å². The standard InChI is InChI=1S/C53H91NO14/c1-29(2)11-9-12-31(4)37-15-16-38-36-14-13-34-26-35(19-21-52(34,7)39(36)20-22-53(37,38)8)65-51(61)54-23-10-24-62-50-48(68-49-46(60)45(59)43(57)33(6)64-49)47(44(58)41(27-55)66-50)67-42-18-17-40(56)32(5)25-30(3)28-63-42/h13,29-33,35-50,55-60H,9-12,14-28H2,1-8H3,(H,54,61)/t30?,31-,32+,33?,35+,36+,37-,38+,39+,40?,41-,42-,43-,44+,45?,46?,47?,48?,49+,50-,52+,53-/m1/s1. The van der Waals surface area contributed by atoms with E-state index in [0.717, 1.165) is 61.7 Å². The fourth-order valence-electron chi connectivity index (χ4n) is 14.3. The van der Waals surface area contributed by atoms with Crippen molar-refractivity contribution in [2.45, 2.75) is 232 Å².